The number of benzene rings is 1. The normalized spacial score (nSPS) is 16.1. The minimum Gasteiger partial charge on any atom is -0.396 e. The van der Waals surface area contributed by atoms with E-state index in [0.29, 0.717) is 12.8 Å². The maximum atomic E-state index is 12.8. The van der Waals surface area contributed by atoms with Crippen LogP contribution in [0.4, 0.5) is 0 Å². The molecule has 142 valence electrons. The van der Waals surface area contributed by atoms with E-state index >= 15 is 0 Å². The largest absolute Gasteiger partial charge is 0.396 e. The summed E-state index contributed by atoms with van der Waals surface area (Å²) in [4.78, 5) is 14.6. The Balaban J connectivity index is 2.72. The molecule has 0 bridgehead atoms. The van der Waals surface area contributed by atoms with Crippen LogP contribution in [0.3, 0.4) is 0 Å². The Morgan fingerprint density at radius 3 is 2.36 bits per heavy atom. The van der Waals surface area contributed by atoms with Crippen molar-refractivity contribution < 1.29 is 18.9 Å². The van der Waals surface area contributed by atoms with Gasteiger partial charge in [-0.2, -0.15) is 0 Å². The average molecular weight is 387 g/mol. The fourth-order valence-corrected chi connectivity index (χ4v) is 3.55. The second-order valence-corrected chi connectivity index (χ2v) is 6.96. The summed E-state index contributed by atoms with van der Waals surface area (Å²) in [6.07, 6.45) is 1.76. The van der Waals surface area contributed by atoms with Crippen molar-refractivity contribution in [3.8, 4) is 0 Å². The molecule has 0 spiro atoms. The summed E-state index contributed by atoms with van der Waals surface area (Å²) in [7, 11) is 6.38. The molecule has 1 amide bonds. The molecule has 25 heavy (non-hydrogen) atoms. The topological polar surface area (TPSA) is 59.0 Å². The van der Waals surface area contributed by atoms with Gasteiger partial charge in [0.15, 0.2) is 0 Å². The van der Waals surface area contributed by atoms with Gasteiger partial charge in [0.2, 0.25) is 5.91 Å². The molecule has 0 aliphatic rings. The summed E-state index contributed by atoms with van der Waals surface area (Å²) >= 11 is 0. The molecule has 1 aromatic carbocycles. The molecule has 0 aliphatic heterocycles. The van der Waals surface area contributed by atoms with Crippen molar-refractivity contribution in [2.24, 2.45) is 5.92 Å². The second kappa shape index (κ2) is 11.9. The smallest absolute Gasteiger partial charge is 0.225 e. The molecule has 0 aromatic heterocycles. The van der Waals surface area contributed by atoms with Gasteiger partial charge in [-0.3, -0.25) is 4.79 Å². The lowest BCUT2D eigenvalue weighted by atomic mass is 9.97. The molecule has 7 heteroatoms. The fraction of sp³-hybridized carbons (Fsp3) is 0.611. The highest BCUT2D eigenvalue weighted by molar-refractivity contribution is 7.10. The van der Waals surface area contributed by atoms with Crippen LogP contribution in [0.15, 0.2) is 30.3 Å². The van der Waals surface area contributed by atoms with E-state index in [1.54, 1.807) is 4.90 Å². The van der Waals surface area contributed by atoms with Crippen LogP contribution in [0.2, 0.25) is 0 Å². The van der Waals surface area contributed by atoms with Crippen molar-refractivity contribution in [1.29, 1.82) is 0 Å². The molecule has 6 atom stereocenters. The van der Waals surface area contributed by atoms with E-state index in [-0.39, 0.29) is 36.7 Å². The number of likely N-dealkylation sites (N-methyl/N-ethyl adjacent to an activating group) is 1. The standard InChI is InChI=1S/C18H31NO4P2/c1-13(12-16(22-24)10-7-11-20)18(21)19(3)14(2)17(23-25)15-8-5-4-6-9-15/h4-6,8-9,13-14,16-17,20H,7,10-12,24-25H2,1-3H3/t13-,14-,16-,17+/m1/s1. The lowest BCUT2D eigenvalue weighted by Gasteiger charge is -2.33. The highest BCUT2D eigenvalue weighted by atomic mass is 31.0. The van der Waals surface area contributed by atoms with Crippen LogP contribution in [0.25, 0.3) is 0 Å². The molecule has 0 aliphatic carbocycles. The molecule has 0 saturated heterocycles. The van der Waals surface area contributed by atoms with Gasteiger partial charge >= 0.3 is 0 Å². The van der Waals surface area contributed by atoms with E-state index in [1.165, 1.54) is 0 Å². The summed E-state index contributed by atoms with van der Waals surface area (Å²) in [6, 6.07) is 9.78. The highest BCUT2D eigenvalue weighted by Gasteiger charge is 2.29. The van der Waals surface area contributed by atoms with Crippen molar-refractivity contribution in [3.05, 3.63) is 35.9 Å². The highest BCUT2D eigenvalue weighted by Crippen LogP contribution is 2.28. The molecule has 2 unspecified atom stereocenters. The first-order valence-electron chi connectivity index (χ1n) is 8.59. The Hall–Kier alpha value is -0.570. The van der Waals surface area contributed by atoms with E-state index in [4.69, 9.17) is 14.2 Å². The lowest BCUT2D eigenvalue weighted by Crippen LogP contribution is -2.42. The van der Waals surface area contributed by atoms with Crippen molar-refractivity contribution in [2.45, 2.75) is 51.4 Å². The minimum absolute atomic E-state index is 0.0530. The summed E-state index contributed by atoms with van der Waals surface area (Å²) in [6.45, 7) is 4.04. The van der Waals surface area contributed by atoms with Gasteiger partial charge < -0.3 is 19.1 Å². The van der Waals surface area contributed by atoms with E-state index in [2.05, 4.69) is 18.9 Å². The van der Waals surface area contributed by atoms with Crippen LogP contribution in [-0.4, -0.2) is 41.7 Å². The van der Waals surface area contributed by atoms with E-state index in [1.807, 2.05) is 51.2 Å². The van der Waals surface area contributed by atoms with Gasteiger partial charge in [0.05, 0.1) is 12.1 Å². The molecule has 5 nitrogen and oxygen atoms in total. The van der Waals surface area contributed by atoms with E-state index in [9.17, 15) is 4.79 Å². The SMILES string of the molecule is C[C@H](C[C@@H](CCCO)OP)C(=O)N(C)[C@H](C)[C@H](OP)c1ccccc1. The van der Waals surface area contributed by atoms with Gasteiger partial charge in [0.1, 0.15) is 6.10 Å². The first kappa shape index (κ1) is 22.5. The Morgan fingerprint density at radius 2 is 1.84 bits per heavy atom. The second-order valence-electron chi connectivity index (χ2n) is 6.42. The number of aliphatic hydroxyl groups excluding tert-OH is 1. The first-order chi connectivity index (χ1) is 12.0. The molecule has 0 saturated carbocycles. The predicted molar refractivity (Wildman–Crippen MR) is 107 cm³/mol. The van der Waals surface area contributed by atoms with Crippen molar-refractivity contribution in [3.63, 3.8) is 0 Å². The Kier molecular flexibility index (Phi) is 10.7. The number of carbonyl (C=O) groups is 1. The molecular formula is C18H31NO4P2. The van der Waals surface area contributed by atoms with Gasteiger partial charge in [0.25, 0.3) is 0 Å². The summed E-state index contributed by atoms with van der Waals surface area (Å²) in [5.74, 6) is -0.107. The van der Waals surface area contributed by atoms with Gasteiger partial charge in [0, 0.05) is 38.5 Å². The van der Waals surface area contributed by atoms with Crippen molar-refractivity contribution >= 4 is 24.8 Å². The van der Waals surface area contributed by atoms with E-state index < -0.39 is 0 Å². The van der Waals surface area contributed by atoms with Crippen LogP contribution >= 0.6 is 18.9 Å². The first-order valence-corrected chi connectivity index (χ1v) is 9.54. The molecular weight excluding hydrogens is 356 g/mol. The molecule has 0 fully saturated rings. The maximum Gasteiger partial charge on any atom is 0.225 e. The number of amides is 1. The van der Waals surface area contributed by atoms with Gasteiger partial charge in [-0.15, -0.1) is 0 Å². The predicted octanol–water partition coefficient (Wildman–Crippen LogP) is 3.36. The zero-order valence-electron chi connectivity index (χ0n) is 15.3. The van der Waals surface area contributed by atoms with Crippen molar-refractivity contribution in [2.75, 3.05) is 13.7 Å². The molecule has 0 radical (unpaired) electrons. The Morgan fingerprint density at radius 1 is 1.20 bits per heavy atom. The number of aliphatic hydroxyl groups is 1. The molecule has 1 rings (SSSR count). The molecule has 0 heterocycles. The third kappa shape index (κ3) is 6.92. The number of hydrogen-bond acceptors (Lipinski definition) is 4. The minimum atomic E-state index is -0.212. The molecule has 1 N–H and O–H groups in total. The summed E-state index contributed by atoms with van der Waals surface area (Å²) in [5, 5.41) is 8.96. The monoisotopic (exact) mass is 387 g/mol. The third-order valence-corrected chi connectivity index (χ3v) is 5.26. The zero-order chi connectivity index (χ0) is 18.8. The van der Waals surface area contributed by atoms with Gasteiger partial charge in [-0.05, 0) is 31.7 Å². The van der Waals surface area contributed by atoms with Crippen LogP contribution in [0.5, 0.6) is 0 Å². The maximum absolute atomic E-state index is 12.8. The molecule has 1 aromatic rings. The number of rotatable bonds is 11. The number of hydrogen-bond donors (Lipinski definition) is 1. The summed E-state index contributed by atoms with van der Waals surface area (Å²) in [5.41, 5.74) is 1.03. The Bertz CT molecular complexity index is 503. The quantitative estimate of drug-likeness (QED) is 0.592. The third-order valence-electron chi connectivity index (χ3n) is 4.59. The van der Waals surface area contributed by atoms with E-state index in [0.717, 1.165) is 12.0 Å². The van der Waals surface area contributed by atoms with Gasteiger partial charge in [-0.25, -0.2) is 0 Å². The zero-order valence-corrected chi connectivity index (χ0v) is 17.6. The van der Waals surface area contributed by atoms with Crippen LogP contribution in [0.1, 0.15) is 44.8 Å². The van der Waals surface area contributed by atoms with Crippen molar-refractivity contribution in [1.82, 2.24) is 4.90 Å². The fourth-order valence-electron chi connectivity index (χ4n) is 2.92. The van der Waals surface area contributed by atoms with Crippen LogP contribution < -0.4 is 0 Å². The van der Waals surface area contributed by atoms with Gasteiger partial charge in [-0.1, -0.05) is 37.3 Å². The summed E-state index contributed by atoms with van der Waals surface area (Å²) < 4.78 is 10.9. The van der Waals surface area contributed by atoms with Crippen LogP contribution in [0, 0.1) is 5.92 Å². The number of nitrogens with zero attached hydrogens (tertiary/aromatic N) is 1. The van der Waals surface area contributed by atoms with Crippen LogP contribution in [-0.2, 0) is 13.8 Å². The lowest BCUT2D eigenvalue weighted by molar-refractivity contribution is -0.138. The average Bonchev–Trinajstić information content (AvgIpc) is 2.64. The Labute approximate surface area is 156 Å². The number of carbonyl (C=O) groups excluding carboxylic acids is 1.